The number of rotatable bonds is 9. The lowest BCUT2D eigenvalue weighted by Crippen LogP contribution is -2.51. The van der Waals surface area contributed by atoms with E-state index in [1.807, 2.05) is 24.4 Å². The predicted molar refractivity (Wildman–Crippen MR) is 345 cm³/mol. The normalized spacial score (nSPS) is 27.6. The van der Waals surface area contributed by atoms with Gasteiger partial charge in [0.1, 0.15) is 21.2 Å². The van der Waals surface area contributed by atoms with E-state index in [0.717, 1.165) is 73.9 Å². The monoisotopic (exact) mass is 1310 g/mol. The van der Waals surface area contributed by atoms with Gasteiger partial charge in [-0.05, 0) is 121 Å². The molecule has 6 aromatic heterocycles. The molecule has 6 heterocycles. The van der Waals surface area contributed by atoms with Crippen LogP contribution in [0, 0.1) is 22.7 Å². The van der Waals surface area contributed by atoms with Crippen LogP contribution in [0.3, 0.4) is 0 Å². The number of hydrogen-bond acceptors (Lipinski definition) is 10. The molecule has 8 aliphatic rings. The molecule has 8 aliphatic carbocycles. The number of aromatic nitrogens is 10. The summed E-state index contributed by atoms with van der Waals surface area (Å²) in [5.74, 6) is 1.58. The summed E-state index contributed by atoms with van der Waals surface area (Å²) in [7, 11) is 6.72. The molecule has 0 spiro atoms. The van der Waals surface area contributed by atoms with Crippen LogP contribution >= 0.6 is 34.8 Å². The van der Waals surface area contributed by atoms with Crippen LogP contribution in [0.4, 0.5) is 8.78 Å². The fourth-order valence-corrected chi connectivity index (χ4v) is 18.4. The van der Waals surface area contributed by atoms with E-state index >= 15 is 0 Å². The van der Waals surface area contributed by atoms with Crippen molar-refractivity contribution in [1.82, 2.24) is 70.4 Å². The van der Waals surface area contributed by atoms with Gasteiger partial charge in [0.05, 0.1) is 63.0 Å². The van der Waals surface area contributed by atoms with E-state index in [0.29, 0.717) is 61.7 Å². The first-order valence-corrected chi connectivity index (χ1v) is 32.6. The van der Waals surface area contributed by atoms with Crippen LogP contribution < -0.4 is 21.3 Å². The molecule has 16 rings (SSSR count). The Bertz CT molecular complexity index is 4160. The van der Waals surface area contributed by atoms with Crippen LogP contribution in [0.15, 0.2) is 110 Å². The van der Waals surface area contributed by atoms with Crippen molar-refractivity contribution in [3.8, 4) is 0 Å². The predicted octanol–water partition coefficient (Wildman–Crippen LogP) is 12.8. The lowest BCUT2D eigenvalue weighted by Gasteiger charge is -2.39. The fraction of sp³-hybridized carbons (Fsp3) is 0.449. The molecule has 0 saturated heterocycles. The number of halogens is 5. The molecule has 4 N–H and O–H groups in total. The summed E-state index contributed by atoms with van der Waals surface area (Å²) in [5, 5.41) is 30.0. The highest BCUT2D eigenvalue weighted by Gasteiger charge is 2.65. The van der Waals surface area contributed by atoms with Gasteiger partial charge in [-0.3, -0.25) is 47.9 Å². The molecule has 10 unspecified atom stereocenters. The average molecular weight is 1310 g/mol. The molecule has 8 aromatic rings. The Morgan fingerprint density at radius 2 is 0.880 bits per heavy atom. The number of hydrogen-bond donors (Lipinski definition) is 4. The summed E-state index contributed by atoms with van der Waals surface area (Å²) in [6.07, 6.45) is 14.6. The van der Waals surface area contributed by atoms with Crippen LogP contribution in [0.25, 0.3) is 0 Å². The number of aryl methyl sites for hydroxylation is 4. The van der Waals surface area contributed by atoms with Crippen molar-refractivity contribution in [3.63, 3.8) is 0 Å². The first kappa shape index (κ1) is 63.0. The number of fused-ring (bicyclic) bond motifs is 20. The molecule has 4 fully saturated rings. The highest BCUT2D eigenvalue weighted by atomic mass is 35.5. The minimum atomic E-state index is -2.79. The number of carbonyl (C=O) groups excluding carboxylic acids is 4. The third kappa shape index (κ3) is 9.31. The van der Waals surface area contributed by atoms with E-state index in [2.05, 4.69) is 148 Å². The SMILES string of the molecule is CC1C2CCC1(NC(=O)c1cnn(C)c1Cl)c1ccccc12.CC1C2CCC1(NC(=O)c1cnn(C)c1Cl)c1ccccc12.Cn1cc(C(=O)NC23CCC(c4ncccc42)C3(C)C)c(C(F)F)n1.Cn1ncc(C(=O)NC23CCC(c4ncccc42)C3(C)C)c1Cl. The second-order valence-corrected chi connectivity index (χ2v) is 28.5. The number of nitrogens with zero attached hydrogens (tertiary/aromatic N) is 10. The standard InChI is InChI=1S/C18H20F2N4O.C17H19ClN4O.2C17H18ClN3O/c1-17(2)11-6-7-18(17,12-5-4-8-21-14(11)12)22-16(25)10-9-24(3)23-13(10)15(19)20;1-16(2)11-6-7-17(16,12-5-4-8-19-13(11)12)21-15(23)10-9-20-22(3)14(10)18;2*1-10-11-7-8-17(10,14-6-4-3-5-12(11)14)20-16(22)13-9-19-21(2)15(13)18/h4-5,8-9,11,15H,6-7H2,1-3H3,(H,22,25);4-5,8-9,11H,6-7H2,1-3H3,(H,21,23);2*3-6,9-11H,7-8H2,1-2H3,(H,20,22). The average Bonchev–Trinajstić information content (AvgIpc) is 1.54. The van der Waals surface area contributed by atoms with Crippen LogP contribution in [-0.4, -0.2) is 72.7 Å². The topological polar surface area (TPSA) is 213 Å². The van der Waals surface area contributed by atoms with Crippen LogP contribution in [0.1, 0.15) is 215 Å². The van der Waals surface area contributed by atoms with Gasteiger partial charge in [-0.25, -0.2) is 8.78 Å². The van der Waals surface area contributed by atoms with Gasteiger partial charge in [0.25, 0.3) is 30.1 Å². The van der Waals surface area contributed by atoms with Crippen LogP contribution in [0.5, 0.6) is 0 Å². The Morgan fingerprint density at radius 1 is 0.511 bits per heavy atom. The summed E-state index contributed by atoms with van der Waals surface area (Å²) in [5.41, 5.74) is 8.55. The maximum Gasteiger partial charge on any atom is 0.282 e. The van der Waals surface area contributed by atoms with Gasteiger partial charge < -0.3 is 21.3 Å². The van der Waals surface area contributed by atoms with E-state index in [1.54, 1.807) is 27.3 Å². The quantitative estimate of drug-likeness (QED) is 0.107. The van der Waals surface area contributed by atoms with Crippen LogP contribution in [-0.2, 0) is 50.3 Å². The first-order valence-electron chi connectivity index (χ1n) is 31.5. The van der Waals surface area contributed by atoms with Gasteiger partial charge >= 0.3 is 0 Å². The number of nitrogens with one attached hydrogen (secondary N) is 4. The molecular weight excluding hydrogens is 1230 g/mol. The maximum atomic E-state index is 13.2. The molecule has 2 aromatic carbocycles. The van der Waals surface area contributed by atoms with Crippen molar-refractivity contribution in [3.05, 3.63) is 198 Å². The van der Waals surface area contributed by atoms with Gasteiger partial charge in [-0.15, -0.1) is 0 Å². The lowest BCUT2D eigenvalue weighted by atomic mass is 9.74. The highest BCUT2D eigenvalue weighted by Crippen LogP contribution is 2.68. The van der Waals surface area contributed by atoms with Crippen molar-refractivity contribution in [2.45, 2.75) is 145 Å². The fourth-order valence-electron chi connectivity index (χ4n) is 17.9. The molecule has 4 amide bonds. The first-order chi connectivity index (χ1) is 43.7. The molecule has 92 heavy (non-hydrogen) atoms. The maximum absolute atomic E-state index is 13.2. The molecule has 8 bridgehead atoms. The molecule has 23 heteroatoms. The third-order valence-corrected chi connectivity index (χ3v) is 24.3. The highest BCUT2D eigenvalue weighted by molar-refractivity contribution is 6.33. The minimum absolute atomic E-state index is 0.0662. The van der Waals surface area contributed by atoms with Crippen molar-refractivity contribution >= 4 is 58.4 Å². The molecule has 10 atom stereocenters. The van der Waals surface area contributed by atoms with Gasteiger partial charge in [-0.1, -0.05) is 137 Å². The number of pyridine rings is 2. The summed E-state index contributed by atoms with van der Waals surface area (Å²) < 4.78 is 32.2. The molecule has 480 valence electrons. The number of alkyl halides is 2. The van der Waals surface area contributed by atoms with Crippen LogP contribution in [0.2, 0.25) is 15.5 Å². The largest absolute Gasteiger partial charge is 0.342 e. The van der Waals surface area contributed by atoms with Crippen molar-refractivity contribution < 1.29 is 28.0 Å². The third-order valence-electron chi connectivity index (χ3n) is 22.9. The molecule has 18 nitrogen and oxygen atoms in total. The van der Waals surface area contributed by atoms with E-state index in [1.165, 1.54) is 72.8 Å². The zero-order chi connectivity index (χ0) is 65.4. The summed E-state index contributed by atoms with van der Waals surface area (Å²) in [6.45, 7) is 13.1. The second-order valence-electron chi connectivity index (χ2n) is 27.4. The zero-order valence-corrected chi connectivity index (χ0v) is 55.4. The van der Waals surface area contributed by atoms with Crippen molar-refractivity contribution in [2.24, 2.45) is 50.9 Å². The van der Waals surface area contributed by atoms with E-state index in [-0.39, 0.29) is 51.1 Å². The van der Waals surface area contributed by atoms with E-state index in [9.17, 15) is 28.0 Å². The Hall–Kier alpha value is -7.81. The van der Waals surface area contributed by atoms with Crippen molar-refractivity contribution in [2.75, 3.05) is 0 Å². The smallest absolute Gasteiger partial charge is 0.282 e. The molecule has 0 radical (unpaired) electrons. The van der Waals surface area contributed by atoms with E-state index in [4.69, 9.17) is 34.8 Å². The van der Waals surface area contributed by atoms with Gasteiger partial charge in [0.2, 0.25) is 0 Å². The Labute approximate surface area is 548 Å². The Morgan fingerprint density at radius 3 is 1.26 bits per heavy atom. The lowest BCUT2D eigenvalue weighted by molar-refractivity contribution is 0.0794. The van der Waals surface area contributed by atoms with E-state index < -0.39 is 29.1 Å². The number of carbonyl (C=O) groups is 4. The number of benzene rings is 2. The second kappa shape index (κ2) is 22.7. The van der Waals surface area contributed by atoms with Gasteiger partial charge in [-0.2, -0.15) is 20.4 Å². The summed E-state index contributed by atoms with van der Waals surface area (Å²) in [4.78, 5) is 60.3. The number of amides is 4. The Balaban J connectivity index is 0.000000112. The molecular formula is C69H75Cl3F2N14O4. The summed E-state index contributed by atoms with van der Waals surface area (Å²) in [6, 6.07) is 24.8. The summed E-state index contributed by atoms with van der Waals surface area (Å²) >= 11 is 18.5. The van der Waals surface area contributed by atoms with Crippen molar-refractivity contribution in [1.29, 1.82) is 0 Å². The molecule has 4 saturated carbocycles. The Kier molecular flexibility index (Phi) is 15.6. The van der Waals surface area contributed by atoms with Gasteiger partial charge in [0, 0.05) is 80.8 Å². The zero-order valence-electron chi connectivity index (χ0n) is 53.1. The van der Waals surface area contributed by atoms with Gasteiger partial charge in [0.15, 0.2) is 0 Å². The molecule has 0 aliphatic heterocycles. The minimum Gasteiger partial charge on any atom is -0.342 e.